The second kappa shape index (κ2) is 6.15. The third-order valence-electron chi connectivity index (χ3n) is 2.39. The number of nitrogens with zero attached hydrogens (tertiary/aromatic N) is 2. The highest BCUT2D eigenvalue weighted by molar-refractivity contribution is 7.18. The number of thiazole rings is 1. The Balaban J connectivity index is 2.06. The Morgan fingerprint density at radius 2 is 2.17 bits per heavy atom. The first-order chi connectivity index (χ1) is 8.83. The molecule has 0 aliphatic rings. The lowest BCUT2D eigenvalue weighted by Gasteiger charge is -1.99. The lowest BCUT2D eigenvalue weighted by Crippen LogP contribution is -2.06. The van der Waals surface area contributed by atoms with Crippen LogP contribution in [0.3, 0.4) is 0 Å². The van der Waals surface area contributed by atoms with Crippen LogP contribution in [0.15, 0.2) is 30.5 Å². The number of benzene rings is 1. The third-order valence-corrected chi connectivity index (χ3v) is 3.39. The van der Waals surface area contributed by atoms with Crippen LogP contribution in [0.1, 0.15) is 5.56 Å². The van der Waals surface area contributed by atoms with Crippen LogP contribution in [0.5, 0.6) is 0 Å². The molecule has 0 amide bonds. The highest BCUT2D eigenvalue weighted by Crippen LogP contribution is 2.28. The number of hydrogen-bond acceptors (Lipinski definition) is 5. The van der Waals surface area contributed by atoms with Gasteiger partial charge in [-0.15, -0.1) is 0 Å². The van der Waals surface area contributed by atoms with E-state index >= 15 is 0 Å². The minimum Gasteiger partial charge on any atom is -0.383 e. The van der Waals surface area contributed by atoms with E-state index in [1.807, 2.05) is 30.5 Å². The lowest BCUT2D eigenvalue weighted by atomic mass is 10.1. The molecule has 2 rings (SSSR count). The smallest absolute Gasteiger partial charge is 0.183 e. The molecular formula is C13H13N3OS. The maximum atomic E-state index is 8.74. The number of rotatable bonds is 5. The average molecular weight is 259 g/mol. The number of anilines is 1. The number of ether oxygens (including phenoxy) is 1. The molecule has 4 nitrogen and oxygen atoms in total. The summed E-state index contributed by atoms with van der Waals surface area (Å²) in [6, 6.07) is 9.60. The van der Waals surface area contributed by atoms with Gasteiger partial charge in [0.2, 0.25) is 0 Å². The summed E-state index contributed by atoms with van der Waals surface area (Å²) < 4.78 is 4.96. The summed E-state index contributed by atoms with van der Waals surface area (Å²) in [6.45, 7) is 1.41. The van der Waals surface area contributed by atoms with E-state index in [-0.39, 0.29) is 0 Å². The second-order valence-corrected chi connectivity index (χ2v) is 4.67. The largest absolute Gasteiger partial charge is 0.383 e. The van der Waals surface area contributed by atoms with Gasteiger partial charge in [-0.1, -0.05) is 23.5 Å². The molecule has 5 heteroatoms. The van der Waals surface area contributed by atoms with Gasteiger partial charge in [-0.3, -0.25) is 0 Å². The van der Waals surface area contributed by atoms with Gasteiger partial charge >= 0.3 is 0 Å². The Morgan fingerprint density at radius 1 is 1.39 bits per heavy atom. The highest BCUT2D eigenvalue weighted by Gasteiger charge is 2.04. The van der Waals surface area contributed by atoms with Crippen LogP contribution in [0.4, 0.5) is 5.13 Å². The van der Waals surface area contributed by atoms with Crippen LogP contribution in [0.25, 0.3) is 10.4 Å². The Hall–Kier alpha value is -1.90. The lowest BCUT2D eigenvalue weighted by molar-refractivity contribution is 0.211. The molecule has 0 unspecified atom stereocenters. The van der Waals surface area contributed by atoms with Crippen LogP contribution in [0, 0.1) is 11.3 Å². The predicted octanol–water partition coefficient (Wildman–Crippen LogP) is 2.74. The van der Waals surface area contributed by atoms with Crippen molar-refractivity contribution in [1.82, 2.24) is 4.98 Å². The van der Waals surface area contributed by atoms with Gasteiger partial charge in [0, 0.05) is 19.9 Å². The normalized spacial score (nSPS) is 10.0. The zero-order valence-corrected chi connectivity index (χ0v) is 10.8. The summed E-state index contributed by atoms with van der Waals surface area (Å²) in [5.41, 5.74) is 1.74. The van der Waals surface area contributed by atoms with Gasteiger partial charge in [0.05, 0.1) is 23.1 Å². The summed E-state index contributed by atoms with van der Waals surface area (Å²) in [5, 5.41) is 12.8. The average Bonchev–Trinajstić information content (AvgIpc) is 2.88. The van der Waals surface area contributed by atoms with Crippen molar-refractivity contribution in [3.05, 3.63) is 36.0 Å². The van der Waals surface area contributed by atoms with Crippen molar-refractivity contribution < 1.29 is 4.74 Å². The Morgan fingerprint density at radius 3 is 2.83 bits per heavy atom. The Kier molecular flexibility index (Phi) is 4.29. The number of methoxy groups -OCH3 is 1. The standard InChI is InChI=1S/C13H13N3OS/c1-17-7-6-15-13-16-9-12(18-13)11-4-2-10(8-14)3-5-11/h2-5,9H,6-7H2,1H3,(H,15,16). The zero-order chi connectivity index (χ0) is 12.8. The van der Waals surface area contributed by atoms with Gasteiger partial charge in [0.1, 0.15) is 0 Å². The molecule has 0 spiro atoms. The van der Waals surface area contributed by atoms with Crippen molar-refractivity contribution in [1.29, 1.82) is 5.26 Å². The first kappa shape index (κ1) is 12.6. The van der Waals surface area contributed by atoms with Crippen molar-refractivity contribution >= 4 is 16.5 Å². The van der Waals surface area contributed by atoms with Crippen molar-refractivity contribution in [2.75, 3.05) is 25.6 Å². The fourth-order valence-electron chi connectivity index (χ4n) is 1.46. The zero-order valence-electron chi connectivity index (χ0n) is 10.0. The molecule has 1 aromatic heterocycles. The van der Waals surface area contributed by atoms with Crippen LogP contribution in [-0.4, -0.2) is 25.2 Å². The van der Waals surface area contributed by atoms with E-state index in [0.717, 1.165) is 22.1 Å². The second-order valence-electron chi connectivity index (χ2n) is 3.64. The fourth-order valence-corrected chi connectivity index (χ4v) is 2.31. The molecule has 0 aliphatic carbocycles. The van der Waals surface area contributed by atoms with E-state index < -0.39 is 0 Å². The Bertz CT molecular complexity index is 542. The van der Waals surface area contributed by atoms with E-state index in [4.69, 9.17) is 10.00 Å². The number of nitrogens with one attached hydrogen (secondary N) is 1. The third kappa shape index (κ3) is 3.06. The van der Waals surface area contributed by atoms with Crippen LogP contribution < -0.4 is 5.32 Å². The maximum absolute atomic E-state index is 8.74. The molecule has 1 N–H and O–H groups in total. The summed E-state index contributed by atoms with van der Waals surface area (Å²) in [7, 11) is 1.67. The van der Waals surface area contributed by atoms with E-state index in [1.165, 1.54) is 0 Å². The maximum Gasteiger partial charge on any atom is 0.183 e. The molecule has 0 saturated heterocycles. The predicted molar refractivity (Wildman–Crippen MR) is 72.6 cm³/mol. The van der Waals surface area contributed by atoms with Gasteiger partial charge in [-0.25, -0.2) is 4.98 Å². The minimum absolute atomic E-state index is 0.659. The molecule has 0 atom stereocenters. The van der Waals surface area contributed by atoms with E-state index in [1.54, 1.807) is 18.4 Å². The highest BCUT2D eigenvalue weighted by atomic mass is 32.1. The summed E-state index contributed by atoms with van der Waals surface area (Å²) in [6.07, 6.45) is 1.83. The summed E-state index contributed by atoms with van der Waals surface area (Å²) in [4.78, 5) is 5.38. The van der Waals surface area contributed by atoms with Gasteiger partial charge in [-0.2, -0.15) is 5.26 Å². The van der Waals surface area contributed by atoms with Crippen molar-refractivity contribution in [3.63, 3.8) is 0 Å². The summed E-state index contributed by atoms with van der Waals surface area (Å²) in [5.74, 6) is 0. The summed E-state index contributed by atoms with van der Waals surface area (Å²) >= 11 is 1.59. The van der Waals surface area contributed by atoms with E-state index in [2.05, 4.69) is 16.4 Å². The minimum atomic E-state index is 0.659. The van der Waals surface area contributed by atoms with Gasteiger partial charge in [0.15, 0.2) is 5.13 Å². The molecule has 18 heavy (non-hydrogen) atoms. The first-order valence-electron chi connectivity index (χ1n) is 5.52. The molecule has 0 aliphatic heterocycles. The molecular weight excluding hydrogens is 246 g/mol. The van der Waals surface area contributed by atoms with Gasteiger partial charge < -0.3 is 10.1 Å². The van der Waals surface area contributed by atoms with Crippen molar-refractivity contribution in [3.8, 4) is 16.5 Å². The monoisotopic (exact) mass is 259 g/mol. The molecule has 0 fully saturated rings. The molecule has 2 aromatic rings. The van der Waals surface area contributed by atoms with Crippen LogP contribution in [-0.2, 0) is 4.74 Å². The molecule has 0 saturated carbocycles. The van der Waals surface area contributed by atoms with E-state index in [9.17, 15) is 0 Å². The molecule has 1 aromatic carbocycles. The SMILES string of the molecule is COCCNc1ncc(-c2ccc(C#N)cc2)s1. The number of nitriles is 1. The molecule has 0 bridgehead atoms. The number of hydrogen-bond donors (Lipinski definition) is 1. The Labute approximate surface area is 110 Å². The quantitative estimate of drug-likeness (QED) is 0.839. The van der Waals surface area contributed by atoms with Gasteiger partial charge in [0.25, 0.3) is 0 Å². The molecule has 92 valence electrons. The molecule has 0 radical (unpaired) electrons. The van der Waals surface area contributed by atoms with Crippen LogP contribution in [0.2, 0.25) is 0 Å². The molecule has 1 heterocycles. The van der Waals surface area contributed by atoms with E-state index in [0.29, 0.717) is 12.2 Å². The van der Waals surface area contributed by atoms with Crippen LogP contribution >= 0.6 is 11.3 Å². The first-order valence-corrected chi connectivity index (χ1v) is 6.34. The van der Waals surface area contributed by atoms with Crippen molar-refractivity contribution in [2.24, 2.45) is 0 Å². The fraction of sp³-hybridized carbons (Fsp3) is 0.231. The topological polar surface area (TPSA) is 57.9 Å². The number of aromatic nitrogens is 1. The van der Waals surface area contributed by atoms with Gasteiger partial charge in [-0.05, 0) is 17.7 Å². The van der Waals surface area contributed by atoms with Crippen molar-refractivity contribution in [2.45, 2.75) is 0 Å².